The highest BCUT2D eigenvalue weighted by Crippen LogP contribution is 2.17. The van der Waals surface area contributed by atoms with Crippen LogP contribution in [-0.2, 0) is 0 Å². The quantitative estimate of drug-likeness (QED) is 0.374. The summed E-state index contributed by atoms with van der Waals surface area (Å²) in [7, 11) is 0. The van der Waals surface area contributed by atoms with E-state index in [2.05, 4.69) is 0 Å². The van der Waals surface area contributed by atoms with E-state index in [4.69, 9.17) is 15.9 Å². The van der Waals surface area contributed by atoms with Crippen molar-refractivity contribution in [2.45, 2.75) is 31.1 Å². The molecule has 8 heavy (non-hydrogen) atoms. The molecule has 0 aromatic heterocycles. The van der Waals surface area contributed by atoms with Gasteiger partial charge in [-0.3, -0.25) is 0 Å². The molecule has 1 rings (SSSR count). The molecule has 4 N–H and O–H groups in total. The number of nitrogens with two attached hydrogens (primary N) is 1. The fraction of sp³-hybridized carbons (Fsp3) is 1.00. The van der Waals surface area contributed by atoms with E-state index in [1.807, 2.05) is 0 Å². The molecule has 0 amide bonds. The molecule has 0 heterocycles. The van der Waals surface area contributed by atoms with E-state index in [1.54, 1.807) is 0 Å². The lowest BCUT2D eigenvalue weighted by molar-refractivity contribution is 0.0364. The number of aliphatic hydroxyl groups is 2. The largest absolute Gasteiger partial charge is 0.390 e. The molecule has 1 saturated carbocycles. The Morgan fingerprint density at radius 1 is 1.25 bits per heavy atom. The van der Waals surface area contributed by atoms with E-state index >= 15 is 0 Å². The molecule has 1 aliphatic carbocycles. The molecule has 0 radical (unpaired) electrons. The van der Waals surface area contributed by atoms with Crippen molar-refractivity contribution >= 4 is 0 Å². The van der Waals surface area contributed by atoms with Gasteiger partial charge in [0.1, 0.15) is 0 Å². The minimum Gasteiger partial charge on any atom is -0.390 e. The van der Waals surface area contributed by atoms with Gasteiger partial charge in [-0.2, -0.15) is 0 Å². The number of hydrogen-bond donors (Lipinski definition) is 3. The molecule has 1 aliphatic rings. The van der Waals surface area contributed by atoms with Gasteiger partial charge in [0.2, 0.25) is 0 Å². The maximum Gasteiger partial charge on any atom is 0.0949 e. The van der Waals surface area contributed by atoms with Crippen LogP contribution in [0.4, 0.5) is 0 Å². The van der Waals surface area contributed by atoms with Gasteiger partial charge in [-0.15, -0.1) is 0 Å². The lowest BCUT2D eigenvalue weighted by Crippen LogP contribution is -2.34. The Labute approximate surface area is 48.1 Å². The molecule has 3 atom stereocenters. The van der Waals surface area contributed by atoms with Gasteiger partial charge in [-0.25, -0.2) is 0 Å². The Bertz CT molecular complexity index is 76.5. The van der Waals surface area contributed by atoms with Gasteiger partial charge in [-0.05, 0) is 12.8 Å². The molecular weight excluding hydrogens is 106 g/mol. The zero-order chi connectivity index (χ0) is 6.15. The van der Waals surface area contributed by atoms with Crippen LogP contribution in [0.5, 0.6) is 0 Å². The first-order valence-electron chi connectivity index (χ1n) is 2.83. The van der Waals surface area contributed by atoms with Crippen molar-refractivity contribution in [1.29, 1.82) is 0 Å². The van der Waals surface area contributed by atoms with Gasteiger partial charge in [0.25, 0.3) is 0 Å². The van der Waals surface area contributed by atoms with Crippen molar-refractivity contribution in [3.8, 4) is 0 Å². The third-order valence-corrected chi connectivity index (χ3v) is 1.63. The first kappa shape index (κ1) is 6.01. The third-order valence-electron chi connectivity index (χ3n) is 1.63. The van der Waals surface area contributed by atoms with Gasteiger partial charge >= 0.3 is 0 Å². The second-order valence-electron chi connectivity index (χ2n) is 2.30. The fourth-order valence-electron chi connectivity index (χ4n) is 0.990. The first-order chi connectivity index (χ1) is 3.72. The van der Waals surface area contributed by atoms with E-state index in [1.165, 1.54) is 0 Å². The SMILES string of the molecule is N[C@H]1CC[C@H](O)[C@H]1O. The Morgan fingerprint density at radius 2 is 1.88 bits per heavy atom. The van der Waals surface area contributed by atoms with Crippen LogP contribution in [0, 0.1) is 0 Å². The zero-order valence-electron chi connectivity index (χ0n) is 4.62. The highest BCUT2D eigenvalue weighted by atomic mass is 16.3. The van der Waals surface area contributed by atoms with Gasteiger partial charge in [0, 0.05) is 6.04 Å². The van der Waals surface area contributed by atoms with Crippen LogP contribution in [0.2, 0.25) is 0 Å². The summed E-state index contributed by atoms with van der Waals surface area (Å²) < 4.78 is 0. The van der Waals surface area contributed by atoms with Crippen LogP contribution < -0.4 is 5.73 Å². The summed E-state index contributed by atoms with van der Waals surface area (Å²) in [6.07, 6.45) is 0.116. The molecule has 48 valence electrons. The second-order valence-corrected chi connectivity index (χ2v) is 2.30. The topological polar surface area (TPSA) is 66.5 Å². The monoisotopic (exact) mass is 117 g/mol. The van der Waals surface area contributed by atoms with Crippen LogP contribution in [0.15, 0.2) is 0 Å². The standard InChI is InChI=1S/C5H11NO2/c6-3-1-2-4(7)5(3)8/h3-5,7-8H,1-2,6H2/t3-,4-,5-/m0/s1. The minimum absolute atomic E-state index is 0.204. The molecule has 0 saturated heterocycles. The fourth-order valence-corrected chi connectivity index (χ4v) is 0.990. The summed E-state index contributed by atoms with van der Waals surface area (Å²) in [4.78, 5) is 0. The zero-order valence-corrected chi connectivity index (χ0v) is 4.62. The van der Waals surface area contributed by atoms with E-state index < -0.39 is 12.2 Å². The van der Waals surface area contributed by atoms with E-state index in [-0.39, 0.29) is 6.04 Å². The number of rotatable bonds is 0. The molecule has 0 aromatic carbocycles. The van der Waals surface area contributed by atoms with Crippen molar-refractivity contribution in [3.63, 3.8) is 0 Å². The smallest absolute Gasteiger partial charge is 0.0949 e. The summed E-state index contributed by atoms with van der Waals surface area (Å²) in [6.45, 7) is 0. The maximum atomic E-state index is 8.89. The Morgan fingerprint density at radius 3 is 2.00 bits per heavy atom. The minimum atomic E-state index is -0.685. The molecular formula is C5H11NO2. The summed E-state index contributed by atoms with van der Waals surface area (Å²) in [5.74, 6) is 0. The van der Waals surface area contributed by atoms with Crippen LogP contribution >= 0.6 is 0 Å². The van der Waals surface area contributed by atoms with Crippen molar-refractivity contribution in [1.82, 2.24) is 0 Å². The highest BCUT2D eigenvalue weighted by molar-refractivity contribution is 4.86. The predicted molar refractivity (Wildman–Crippen MR) is 29.2 cm³/mol. The number of hydrogen-bond acceptors (Lipinski definition) is 3. The van der Waals surface area contributed by atoms with Gasteiger partial charge < -0.3 is 15.9 Å². The Hall–Kier alpha value is -0.120. The molecule has 3 nitrogen and oxygen atoms in total. The average Bonchev–Trinajstić information content (AvgIpc) is 1.98. The van der Waals surface area contributed by atoms with Crippen LogP contribution in [-0.4, -0.2) is 28.5 Å². The van der Waals surface area contributed by atoms with E-state index in [9.17, 15) is 0 Å². The lowest BCUT2D eigenvalue weighted by Gasteiger charge is -2.09. The third kappa shape index (κ3) is 0.844. The summed E-state index contributed by atoms with van der Waals surface area (Å²) in [5.41, 5.74) is 5.36. The molecule has 0 aliphatic heterocycles. The lowest BCUT2D eigenvalue weighted by atomic mass is 10.2. The Kier molecular flexibility index (Phi) is 1.51. The summed E-state index contributed by atoms with van der Waals surface area (Å²) in [6, 6.07) is -0.204. The predicted octanol–water partition coefficient (Wildman–Crippen LogP) is -1.17. The molecule has 1 fully saturated rings. The van der Waals surface area contributed by atoms with Crippen LogP contribution in [0.25, 0.3) is 0 Å². The van der Waals surface area contributed by atoms with Gasteiger partial charge in [0.05, 0.1) is 12.2 Å². The normalized spacial score (nSPS) is 47.6. The second kappa shape index (κ2) is 2.01. The maximum absolute atomic E-state index is 8.89. The van der Waals surface area contributed by atoms with E-state index in [0.29, 0.717) is 6.42 Å². The Balaban J connectivity index is 2.44. The molecule has 3 heteroatoms. The molecule has 0 spiro atoms. The van der Waals surface area contributed by atoms with Gasteiger partial charge in [0.15, 0.2) is 0 Å². The van der Waals surface area contributed by atoms with Crippen molar-refractivity contribution in [2.75, 3.05) is 0 Å². The first-order valence-corrected chi connectivity index (χ1v) is 2.83. The van der Waals surface area contributed by atoms with Crippen molar-refractivity contribution < 1.29 is 10.2 Å². The molecule has 0 bridgehead atoms. The molecule has 0 unspecified atom stereocenters. The van der Waals surface area contributed by atoms with Gasteiger partial charge in [-0.1, -0.05) is 0 Å². The van der Waals surface area contributed by atoms with E-state index in [0.717, 1.165) is 6.42 Å². The van der Waals surface area contributed by atoms with Crippen molar-refractivity contribution in [2.24, 2.45) is 5.73 Å². The average molecular weight is 117 g/mol. The van der Waals surface area contributed by atoms with Crippen LogP contribution in [0.3, 0.4) is 0 Å². The summed E-state index contributed by atoms with van der Waals surface area (Å²) >= 11 is 0. The summed E-state index contributed by atoms with van der Waals surface area (Å²) in [5, 5.41) is 17.7. The van der Waals surface area contributed by atoms with Crippen molar-refractivity contribution in [3.05, 3.63) is 0 Å². The highest BCUT2D eigenvalue weighted by Gasteiger charge is 2.29. The number of aliphatic hydroxyl groups excluding tert-OH is 2. The molecule has 0 aromatic rings. The van der Waals surface area contributed by atoms with Crippen LogP contribution in [0.1, 0.15) is 12.8 Å².